The Morgan fingerprint density at radius 3 is 2.74 bits per heavy atom. The normalized spacial score (nSPS) is 19.9. The number of hydrogen-bond donors (Lipinski definition) is 2. The SMILES string of the molecule is CCN1c2nc(OC)nc3c(F)c(-c4ccc(F)c5sc(N)c(C#N)c45)c(Cl)c(c23)OCC1Cc1ccnc(N)c1.FC1CC2CCCN2C1. The number of aromatic nitrogens is 3. The molecule has 6 heterocycles. The highest BCUT2D eigenvalue weighted by Crippen LogP contribution is 2.51. The number of nitrogens with zero attached hydrogens (tertiary/aromatic N) is 6. The van der Waals surface area contributed by atoms with Gasteiger partial charge in [0.25, 0.3) is 0 Å². The minimum atomic E-state index is -0.794. The van der Waals surface area contributed by atoms with Gasteiger partial charge in [-0.05, 0) is 68.5 Å². The summed E-state index contributed by atoms with van der Waals surface area (Å²) in [5.41, 5.74) is 12.9. The van der Waals surface area contributed by atoms with Crippen LogP contribution in [0, 0.1) is 23.0 Å². The fraction of sp³-hybridized carbons (Fsp3) is 0.371. The van der Waals surface area contributed by atoms with Crippen LogP contribution in [-0.2, 0) is 6.42 Å². The zero-order chi connectivity index (χ0) is 35.3. The molecule has 2 fully saturated rings. The van der Waals surface area contributed by atoms with Gasteiger partial charge in [0.2, 0.25) is 0 Å². The summed E-state index contributed by atoms with van der Waals surface area (Å²) in [7, 11) is 1.39. The molecule has 8 rings (SSSR count). The molecule has 3 unspecified atom stereocenters. The Bertz CT molecular complexity index is 2150. The molecule has 3 aliphatic rings. The van der Waals surface area contributed by atoms with E-state index >= 15 is 4.39 Å². The third-order valence-corrected chi connectivity index (χ3v) is 11.0. The van der Waals surface area contributed by atoms with Crippen molar-refractivity contribution in [1.82, 2.24) is 19.9 Å². The Kier molecular flexibility index (Phi) is 9.23. The van der Waals surface area contributed by atoms with Crippen LogP contribution in [-0.4, -0.2) is 71.5 Å². The average Bonchev–Trinajstić information content (AvgIpc) is 3.75. The summed E-state index contributed by atoms with van der Waals surface area (Å²) in [5, 5.41) is 10.3. The number of rotatable bonds is 5. The molecule has 0 spiro atoms. The minimum Gasteiger partial charge on any atom is -0.489 e. The molecule has 4 N–H and O–H groups in total. The predicted octanol–water partition coefficient (Wildman–Crippen LogP) is 6.91. The summed E-state index contributed by atoms with van der Waals surface area (Å²) >= 11 is 7.85. The van der Waals surface area contributed by atoms with E-state index in [0.29, 0.717) is 37.2 Å². The van der Waals surface area contributed by atoms with Crippen molar-refractivity contribution in [2.75, 3.05) is 49.7 Å². The van der Waals surface area contributed by atoms with E-state index in [9.17, 15) is 14.0 Å². The molecule has 2 aromatic carbocycles. The summed E-state index contributed by atoms with van der Waals surface area (Å²) in [5.74, 6) is -0.427. The highest BCUT2D eigenvalue weighted by molar-refractivity contribution is 7.23. The maximum absolute atomic E-state index is 16.6. The van der Waals surface area contributed by atoms with Crippen molar-refractivity contribution in [1.29, 1.82) is 5.26 Å². The molecule has 0 saturated carbocycles. The number of methoxy groups -OCH3 is 1. The zero-order valence-corrected chi connectivity index (χ0v) is 28.9. The van der Waals surface area contributed by atoms with E-state index in [-0.39, 0.29) is 72.1 Å². The summed E-state index contributed by atoms with van der Waals surface area (Å²) in [4.78, 5) is 17.3. The molecule has 3 aromatic heterocycles. The Labute approximate surface area is 295 Å². The van der Waals surface area contributed by atoms with Crippen LogP contribution in [0.2, 0.25) is 5.02 Å². The quantitative estimate of drug-likeness (QED) is 0.197. The van der Waals surface area contributed by atoms with E-state index in [2.05, 4.69) is 19.9 Å². The van der Waals surface area contributed by atoms with Gasteiger partial charge in [-0.25, -0.2) is 18.2 Å². The van der Waals surface area contributed by atoms with Gasteiger partial charge >= 0.3 is 6.01 Å². The maximum Gasteiger partial charge on any atom is 0.318 e. The topological polar surface area (TPSA) is 139 Å². The molecular weight excluding hydrogens is 689 g/mol. The van der Waals surface area contributed by atoms with Gasteiger partial charge in [0.05, 0.1) is 33.8 Å². The standard InChI is InChI=1S/C28H22ClF2N7O2S.C7H12FN/c1-3-38-13(8-12-6-7-35-17(33)9-12)11-40-24-20-23(36-28(39-2)37-27(20)38)22(31)19(21(24)29)14-4-5-16(30)25-18(14)15(10-32)26(34)41-25;8-6-4-7-2-1-3-9(7)5-6/h4-7,9,13H,3,8,11,34H2,1-2H3,(H2,33,35);6-7H,1-5H2. The van der Waals surface area contributed by atoms with Gasteiger partial charge < -0.3 is 25.8 Å². The molecule has 0 aliphatic carbocycles. The van der Waals surface area contributed by atoms with E-state index in [1.54, 1.807) is 12.3 Å². The number of pyridine rings is 1. The van der Waals surface area contributed by atoms with Gasteiger partial charge in [0, 0.05) is 36.3 Å². The lowest BCUT2D eigenvalue weighted by molar-refractivity contribution is 0.288. The summed E-state index contributed by atoms with van der Waals surface area (Å²) in [6.45, 7) is 4.48. The number of fused-ring (bicyclic) bond motifs is 2. The number of benzene rings is 2. The van der Waals surface area contributed by atoms with Crippen molar-refractivity contribution in [2.24, 2.45) is 0 Å². The molecule has 15 heteroatoms. The first-order chi connectivity index (χ1) is 24.1. The predicted molar refractivity (Wildman–Crippen MR) is 190 cm³/mol. The Hall–Kier alpha value is -4.58. The number of nitriles is 1. The maximum atomic E-state index is 16.6. The minimum absolute atomic E-state index is 0.0386. The van der Waals surface area contributed by atoms with Gasteiger partial charge in [-0.2, -0.15) is 15.2 Å². The van der Waals surface area contributed by atoms with Crippen molar-refractivity contribution in [3.05, 3.63) is 58.2 Å². The van der Waals surface area contributed by atoms with Gasteiger partial charge in [-0.3, -0.25) is 4.90 Å². The Morgan fingerprint density at radius 1 is 1.20 bits per heavy atom. The van der Waals surface area contributed by atoms with Gasteiger partial charge in [-0.1, -0.05) is 17.7 Å². The molecule has 2 saturated heterocycles. The first-order valence-electron chi connectivity index (χ1n) is 16.3. The highest BCUT2D eigenvalue weighted by atomic mass is 35.5. The molecule has 3 atom stereocenters. The second kappa shape index (κ2) is 13.6. The number of hydrogen-bond acceptors (Lipinski definition) is 11. The first kappa shape index (κ1) is 33.9. The Morgan fingerprint density at radius 2 is 2.02 bits per heavy atom. The van der Waals surface area contributed by atoms with Gasteiger partial charge in [0.15, 0.2) is 11.6 Å². The van der Waals surface area contributed by atoms with Crippen LogP contribution < -0.4 is 25.8 Å². The smallest absolute Gasteiger partial charge is 0.318 e. The van der Waals surface area contributed by atoms with Crippen LogP contribution in [0.4, 0.5) is 29.8 Å². The molecule has 0 radical (unpaired) electrons. The van der Waals surface area contributed by atoms with E-state index in [4.69, 9.17) is 32.5 Å². The number of nitrogen functional groups attached to an aromatic ring is 2. The molecule has 0 bridgehead atoms. The van der Waals surface area contributed by atoms with Crippen LogP contribution in [0.3, 0.4) is 0 Å². The second-order valence-corrected chi connectivity index (χ2v) is 13.9. The number of likely N-dealkylation sites (N-methyl/N-ethyl adjacent to an activating group) is 1. The lowest BCUT2D eigenvalue weighted by Gasteiger charge is -2.30. The average molecular weight is 723 g/mol. The number of anilines is 3. The van der Waals surface area contributed by atoms with Gasteiger partial charge in [0.1, 0.15) is 46.8 Å². The molecule has 10 nitrogen and oxygen atoms in total. The van der Waals surface area contributed by atoms with Gasteiger partial charge in [-0.15, -0.1) is 11.3 Å². The summed E-state index contributed by atoms with van der Waals surface area (Å²) < 4.78 is 55.8. The summed E-state index contributed by atoms with van der Waals surface area (Å²) in [6, 6.07) is 8.53. The molecule has 0 amide bonds. The number of nitrogens with two attached hydrogens (primary N) is 2. The number of alkyl halides is 1. The summed E-state index contributed by atoms with van der Waals surface area (Å²) in [6.07, 6.45) is 4.97. The molecule has 3 aliphatic heterocycles. The second-order valence-electron chi connectivity index (χ2n) is 12.5. The molecule has 5 aromatic rings. The monoisotopic (exact) mass is 722 g/mol. The lowest BCUT2D eigenvalue weighted by Crippen LogP contribution is -2.40. The molecule has 50 heavy (non-hydrogen) atoms. The van der Waals surface area contributed by atoms with E-state index < -0.39 is 17.8 Å². The fourth-order valence-corrected chi connectivity index (χ4v) is 8.64. The van der Waals surface area contributed by atoms with E-state index in [0.717, 1.165) is 29.9 Å². The first-order valence-corrected chi connectivity index (χ1v) is 17.5. The highest BCUT2D eigenvalue weighted by Gasteiger charge is 2.36. The van der Waals surface area contributed by atoms with Crippen LogP contribution in [0.5, 0.6) is 11.8 Å². The van der Waals surface area contributed by atoms with Crippen LogP contribution in [0.15, 0.2) is 30.5 Å². The van der Waals surface area contributed by atoms with Crippen LogP contribution in [0.25, 0.3) is 32.1 Å². The largest absolute Gasteiger partial charge is 0.489 e. The molecule has 260 valence electrons. The van der Waals surface area contributed by atoms with Crippen molar-refractivity contribution in [3.63, 3.8) is 0 Å². The van der Waals surface area contributed by atoms with Crippen molar-refractivity contribution in [2.45, 2.75) is 50.9 Å². The van der Waals surface area contributed by atoms with Crippen LogP contribution >= 0.6 is 22.9 Å². The van der Waals surface area contributed by atoms with Crippen molar-refractivity contribution < 1.29 is 22.6 Å². The van der Waals surface area contributed by atoms with E-state index in [1.165, 1.54) is 32.1 Å². The zero-order valence-electron chi connectivity index (χ0n) is 27.4. The van der Waals surface area contributed by atoms with Crippen molar-refractivity contribution in [3.8, 4) is 29.0 Å². The lowest BCUT2D eigenvalue weighted by atomic mass is 9.96. The third-order valence-electron chi connectivity index (χ3n) is 9.57. The van der Waals surface area contributed by atoms with Crippen molar-refractivity contribution >= 4 is 60.6 Å². The molecular formula is C35H34ClF3N8O2S. The van der Waals surface area contributed by atoms with E-state index in [1.807, 2.05) is 24.0 Å². The fourth-order valence-electron chi connectivity index (χ4n) is 7.35. The Balaban J connectivity index is 0.000000375. The van der Waals surface area contributed by atoms with Crippen LogP contribution in [0.1, 0.15) is 37.3 Å². The number of halogens is 4. The number of thiophene rings is 1. The number of ether oxygens (including phenoxy) is 2. The third kappa shape index (κ3) is 5.87.